The molecule has 1 unspecified atom stereocenters. The monoisotopic (exact) mass is 384 g/mol. The van der Waals surface area contributed by atoms with Gasteiger partial charge in [0.1, 0.15) is 6.10 Å². The molecule has 0 aliphatic carbocycles. The van der Waals surface area contributed by atoms with E-state index in [1.54, 1.807) is 0 Å². The minimum Gasteiger partial charge on any atom is -0.466 e. The summed E-state index contributed by atoms with van der Waals surface area (Å²) in [6.07, 6.45) is 14.0. The summed E-state index contributed by atoms with van der Waals surface area (Å²) in [5.41, 5.74) is 0. The number of carbonyl (C=O) groups is 2. The fourth-order valence-corrected chi connectivity index (χ4v) is 3.13. The lowest BCUT2D eigenvalue weighted by atomic mass is 10.1. The van der Waals surface area contributed by atoms with Gasteiger partial charge >= 0.3 is 11.9 Å². The third-order valence-electron chi connectivity index (χ3n) is 4.95. The molecule has 0 aliphatic heterocycles. The van der Waals surface area contributed by atoms with E-state index in [1.807, 2.05) is 0 Å². The molecule has 0 N–H and O–H groups in total. The van der Waals surface area contributed by atoms with Crippen LogP contribution in [-0.4, -0.2) is 24.6 Å². The second-order valence-corrected chi connectivity index (χ2v) is 7.94. The Kier molecular flexibility index (Phi) is 17.6. The smallest absolute Gasteiger partial charge is 0.306 e. The molecule has 0 saturated carbocycles. The zero-order valence-electron chi connectivity index (χ0n) is 18.4. The minimum absolute atomic E-state index is 0.0496. The Hall–Kier alpha value is -1.06. The maximum Gasteiger partial charge on any atom is 0.306 e. The summed E-state index contributed by atoms with van der Waals surface area (Å²) in [6, 6.07) is 0. The highest BCUT2D eigenvalue weighted by molar-refractivity contribution is 5.69. The van der Waals surface area contributed by atoms with Crippen LogP contribution in [-0.2, 0) is 19.1 Å². The molecule has 0 aromatic carbocycles. The van der Waals surface area contributed by atoms with Crippen LogP contribution >= 0.6 is 0 Å². The predicted molar refractivity (Wildman–Crippen MR) is 112 cm³/mol. The number of carbonyl (C=O) groups excluding carboxylic acids is 2. The van der Waals surface area contributed by atoms with Crippen molar-refractivity contribution in [3.05, 3.63) is 0 Å². The third kappa shape index (κ3) is 16.8. The van der Waals surface area contributed by atoms with E-state index in [1.165, 1.54) is 19.3 Å². The van der Waals surface area contributed by atoms with Gasteiger partial charge in [-0.3, -0.25) is 9.59 Å². The van der Waals surface area contributed by atoms with Gasteiger partial charge in [-0.15, -0.1) is 0 Å². The average molecular weight is 385 g/mol. The van der Waals surface area contributed by atoms with Crippen molar-refractivity contribution in [1.82, 2.24) is 0 Å². The van der Waals surface area contributed by atoms with Crippen molar-refractivity contribution in [2.75, 3.05) is 6.61 Å². The summed E-state index contributed by atoms with van der Waals surface area (Å²) in [5.74, 6) is 0.267. The maximum atomic E-state index is 11.8. The van der Waals surface area contributed by atoms with E-state index < -0.39 is 0 Å². The Labute approximate surface area is 167 Å². The highest BCUT2D eigenvalue weighted by atomic mass is 16.5. The van der Waals surface area contributed by atoms with Gasteiger partial charge in [0.15, 0.2) is 0 Å². The highest BCUT2D eigenvalue weighted by Gasteiger charge is 2.15. The third-order valence-corrected chi connectivity index (χ3v) is 4.95. The molecule has 0 spiro atoms. The standard InChI is InChI=1S/C23H44O4/c1-5-7-8-13-16-19-26-22(24)17-14-11-9-10-12-15-18-23(25)27-21(6-2)20(3)4/h20-21H,5-19H2,1-4H3. The summed E-state index contributed by atoms with van der Waals surface area (Å²) in [5, 5.41) is 0. The topological polar surface area (TPSA) is 52.6 Å². The second-order valence-electron chi connectivity index (χ2n) is 7.94. The zero-order valence-corrected chi connectivity index (χ0v) is 18.4. The van der Waals surface area contributed by atoms with Crippen LogP contribution in [0.4, 0.5) is 0 Å². The van der Waals surface area contributed by atoms with Gasteiger partial charge in [-0.25, -0.2) is 0 Å². The molecule has 4 heteroatoms. The van der Waals surface area contributed by atoms with Crippen molar-refractivity contribution in [3.63, 3.8) is 0 Å². The Morgan fingerprint density at radius 3 is 1.78 bits per heavy atom. The fourth-order valence-electron chi connectivity index (χ4n) is 3.13. The van der Waals surface area contributed by atoms with Crippen molar-refractivity contribution in [2.45, 2.75) is 124 Å². The molecule has 0 rings (SSSR count). The number of unbranched alkanes of at least 4 members (excludes halogenated alkanes) is 9. The molecule has 0 heterocycles. The van der Waals surface area contributed by atoms with Crippen LogP contribution < -0.4 is 0 Å². The van der Waals surface area contributed by atoms with Crippen molar-refractivity contribution in [2.24, 2.45) is 5.92 Å². The first-order valence-electron chi connectivity index (χ1n) is 11.4. The molecule has 4 nitrogen and oxygen atoms in total. The van der Waals surface area contributed by atoms with Crippen LogP contribution in [0.25, 0.3) is 0 Å². The molecule has 1 atom stereocenters. The quantitative estimate of drug-likeness (QED) is 0.197. The van der Waals surface area contributed by atoms with E-state index in [-0.39, 0.29) is 18.0 Å². The first-order valence-corrected chi connectivity index (χ1v) is 11.4. The molecular weight excluding hydrogens is 340 g/mol. The lowest BCUT2D eigenvalue weighted by Gasteiger charge is -2.19. The van der Waals surface area contributed by atoms with Gasteiger partial charge < -0.3 is 9.47 Å². The van der Waals surface area contributed by atoms with E-state index in [0.717, 1.165) is 57.8 Å². The Bertz CT molecular complexity index is 365. The van der Waals surface area contributed by atoms with Crippen LogP contribution in [0.3, 0.4) is 0 Å². The Balaban J connectivity index is 3.41. The van der Waals surface area contributed by atoms with Gasteiger partial charge in [0.05, 0.1) is 6.61 Å². The molecule has 0 bridgehead atoms. The van der Waals surface area contributed by atoms with E-state index in [0.29, 0.717) is 25.4 Å². The number of hydrogen-bond donors (Lipinski definition) is 0. The van der Waals surface area contributed by atoms with Crippen LogP contribution in [0, 0.1) is 5.92 Å². The summed E-state index contributed by atoms with van der Waals surface area (Å²) in [4.78, 5) is 23.4. The molecule has 0 aromatic rings. The number of hydrogen-bond acceptors (Lipinski definition) is 4. The van der Waals surface area contributed by atoms with Gasteiger partial charge in [0.2, 0.25) is 0 Å². The molecule has 0 fully saturated rings. The lowest BCUT2D eigenvalue weighted by molar-refractivity contribution is -0.151. The van der Waals surface area contributed by atoms with Gasteiger partial charge in [0, 0.05) is 12.8 Å². The second kappa shape index (κ2) is 18.3. The Morgan fingerprint density at radius 2 is 1.22 bits per heavy atom. The van der Waals surface area contributed by atoms with Crippen molar-refractivity contribution >= 4 is 11.9 Å². The maximum absolute atomic E-state index is 11.8. The van der Waals surface area contributed by atoms with Crippen LogP contribution in [0.2, 0.25) is 0 Å². The van der Waals surface area contributed by atoms with E-state index in [2.05, 4.69) is 27.7 Å². The number of rotatable bonds is 18. The summed E-state index contributed by atoms with van der Waals surface area (Å²) in [6.45, 7) is 9.01. The Morgan fingerprint density at radius 1 is 0.704 bits per heavy atom. The predicted octanol–water partition coefficient (Wildman–Crippen LogP) is 6.60. The van der Waals surface area contributed by atoms with Gasteiger partial charge in [0.25, 0.3) is 0 Å². The van der Waals surface area contributed by atoms with Crippen molar-refractivity contribution < 1.29 is 19.1 Å². The summed E-state index contributed by atoms with van der Waals surface area (Å²) >= 11 is 0. The van der Waals surface area contributed by atoms with Crippen LogP contribution in [0.15, 0.2) is 0 Å². The fraction of sp³-hybridized carbons (Fsp3) is 0.913. The molecule has 27 heavy (non-hydrogen) atoms. The summed E-state index contributed by atoms with van der Waals surface area (Å²) in [7, 11) is 0. The van der Waals surface area contributed by atoms with Gasteiger partial charge in [-0.2, -0.15) is 0 Å². The minimum atomic E-state index is -0.0620. The first-order chi connectivity index (χ1) is 13.0. The van der Waals surface area contributed by atoms with E-state index in [4.69, 9.17) is 9.47 Å². The SMILES string of the molecule is CCCCCCCOC(=O)CCCCCCCCC(=O)OC(CC)C(C)C. The molecule has 0 saturated heterocycles. The number of esters is 2. The highest BCUT2D eigenvalue weighted by Crippen LogP contribution is 2.14. The van der Waals surface area contributed by atoms with Crippen molar-refractivity contribution in [3.8, 4) is 0 Å². The first kappa shape index (κ1) is 25.9. The van der Waals surface area contributed by atoms with Crippen molar-refractivity contribution in [1.29, 1.82) is 0 Å². The summed E-state index contributed by atoms with van der Waals surface area (Å²) < 4.78 is 10.8. The average Bonchev–Trinajstić information content (AvgIpc) is 2.64. The normalized spacial score (nSPS) is 12.2. The lowest BCUT2D eigenvalue weighted by Crippen LogP contribution is -2.22. The van der Waals surface area contributed by atoms with E-state index in [9.17, 15) is 9.59 Å². The van der Waals surface area contributed by atoms with Gasteiger partial charge in [-0.05, 0) is 31.6 Å². The molecule has 0 amide bonds. The van der Waals surface area contributed by atoms with Crippen LogP contribution in [0.5, 0.6) is 0 Å². The van der Waals surface area contributed by atoms with Gasteiger partial charge in [-0.1, -0.05) is 79.1 Å². The zero-order chi connectivity index (χ0) is 20.3. The largest absolute Gasteiger partial charge is 0.466 e. The molecule has 0 aromatic heterocycles. The molecule has 160 valence electrons. The molecular formula is C23H44O4. The van der Waals surface area contributed by atoms with E-state index >= 15 is 0 Å². The molecule has 0 radical (unpaired) electrons. The number of ether oxygens (including phenoxy) is 2. The van der Waals surface area contributed by atoms with Crippen LogP contribution in [0.1, 0.15) is 118 Å². The molecule has 0 aliphatic rings.